The molecule has 1 N–H and O–H groups in total. The van der Waals surface area contributed by atoms with Crippen molar-refractivity contribution in [1.82, 2.24) is 5.32 Å². The number of hydrogen-bond donors (Lipinski definition) is 1. The maximum absolute atomic E-state index is 8.89. The van der Waals surface area contributed by atoms with E-state index >= 15 is 0 Å². The molecule has 1 atom stereocenters. The molecule has 0 amide bonds. The van der Waals surface area contributed by atoms with Crippen LogP contribution in [-0.4, -0.2) is 26.0 Å². The molecule has 0 aliphatic rings. The SMILES string of the molecule is CCOC(CNC(C)c1cccc(C#N)c1)OCC. The topological polar surface area (TPSA) is 54.3 Å². The molecule has 0 aromatic heterocycles. The summed E-state index contributed by atoms with van der Waals surface area (Å²) in [5, 5.41) is 12.3. The van der Waals surface area contributed by atoms with Crippen LogP contribution in [0.2, 0.25) is 0 Å². The molecule has 0 bridgehead atoms. The Hall–Kier alpha value is -1.41. The van der Waals surface area contributed by atoms with Crippen LogP contribution in [0.25, 0.3) is 0 Å². The fourth-order valence-corrected chi connectivity index (χ4v) is 1.81. The van der Waals surface area contributed by atoms with Crippen molar-refractivity contribution in [1.29, 1.82) is 5.26 Å². The summed E-state index contributed by atoms with van der Waals surface area (Å²) in [6.45, 7) is 7.85. The van der Waals surface area contributed by atoms with Crippen molar-refractivity contribution in [2.24, 2.45) is 0 Å². The molecule has 0 aliphatic heterocycles. The Bertz CT molecular complexity index is 409. The van der Waals surface area contributed by atoms with Crippen LogP contribution in [0.5, 0.6) is 0 Å². The fraction of sp³-hybridized carbons (Fsp3) is 0.533. The van der Waals surface area contributed by atoms with Crippen LogP contribution in [0, 0.1) is 11.3 Å². The molecule has 19 heavy (non-hydrogen) atoms. The molecule has 0 fully saturated rings. The van der Waals surface area contributed by atoms with Gasteiger partial charge in [0.25, 0.3) is 0 Å². The molecule has 0 saturated carbocycles. The molecule has 0 aliphatic carbocycles. The van der Waals surface area contributed by atoms with Gasteiger partial charge in [-0.05, 0) is 38.5 Å². The highest BCUT2D eigenvalue weighted by Crippen LogP contribution is 2.14. The predicted molar refractivity (Wildman–Crippen MR) is 74.6 cm³/mol. The van der Waals surface area contributed by atoms with Gasteiger partial charge < -0.3 is 14.8 Å². The number of benzene rings is 1. The molecule has 4 nitrogen and oxygen atoms in total. The Morgan fingerprint density at radius 3 is 2.53 bits per heavy atom. The van der Waals surface area contributed by atoms with E-state index in [1.165, 1.54) is 0 Å². The van der Waals surface area contributed by atoms with E-state index in [9.17, 15) is 0 Å². The van der Waals surface area contributed by atoms with Crippen LogP contribution >= 0.6 is 0 Å². The minimum Gasteiger partial charge on any atom is -0.352 e. The highest BCUT2D eigenvalue weighted by molar-refractivity contribution is 5.33. The second-order valence-electron chi connectivity index (χ2n) is 4.21. The Morgan fingerprint density at radius 2 is 1.95 bits per heavy atom. The molecule has 1 rings (SSSR count). The quantitative estimate of drug-likeness (QED) is 0.732. The third kappa shape index (κ3) is 5.39. The molecule has 0 saturated heterocycles. The van der Waals surface area contributed by atoms with Gasteiger partial charge in [0.2, 0.25) is 0 Å². The van der Waals surface area contributed by atoms with Crippen molar-refractivity contribution >= 4 is 0 Å². The summed E-state index contributed by atoms with van der Waals surface area (Å²) in [6, 6.07) is 9.91. The molecule has 0 radical (unpaired) electrons. The van der Waals surface area contributed by atoms with Crippen LogP contribution in [0.1, 0.15) is 37.9 Å². The van der Waals surface area contributed by atoms with E-state index in [1.54, 1.807) is 6.07 Å². The summed E-state index contributed by atoms with van der Waals surface area (Å²) in [5.74, 6) is 0. The molecule has 1 unspecified atom stereocenters. The number of nitriles is 1. The number of rotatable bonds is 8. The molecule has 1 aromatic rings. The summed E-state index contributed by atoms with van der Waals surface area (Å²) in [4.78, 5) is 0. The van der Waals surface area contributed by atoms with Crippen molar-refractivity contribution in [3.8, 4) is 6.07 Å². The molecule has 4 heteroatoms. The van der Waals surface area contributed by atoms with E-state index in [4.69, 9.17) is 14.7 Å². The standard InChI is InChI=1S/C15H22N2O2/c1-4-18-15(19-5-2)11-17-12(3)14-8-6-7-13(9-14)10-16/h6-9,12,15,17H,4-5,11H2,1-3H3. The van der Waals surface area contributed by atoms with Gasteiger partial charge in [0, 0.05) is 25.8 Å². The molecular weight excluding hydrogens is 240 g/mol. The average molecular weight is 262 g/mol. The van der Waals surface area contributed by atoms with E-state index in [0.29, 0.717) is 25.3 Å². The zero-order valence-electron chi connectivity index (χ0n) is 11.8. The van der Waals surface area contributed by atoms with Crippen LogP contribution in [0.3, 0.4) is 0 Å². The Morgan fingerprint density at radius 1 is 1.26 bits per heavy atom. The number of nitrogens with one attached hydrogen (secondary N) is 1. The number of nitrogens with zero attached hydrogens (tertiary/aromatic N) is 1. The third-order valence-corrected chi connectivity index (χ3v) is 2.81. The van der Waals surface area contributed by atoms with Crippen molar-refractivity contribution < 1.29 is 9.47 Å². The first-order chi connectivity index (χ1) is 9.21. The largest absolute Gasteiger partial charge is 0.352 e. The first kappa shape index (κ1) is 15.6. The van der Waals surface area contributed by atoms with Crippen LogP contribution < -0.4 is 5.32 Å². The summed E-state index contributed by atoms with van der Waals surface area (Å²) in [7, 11) is 0. The molecule has 0 spiro atoms. The summed E-state index contributed by atoms with van der Waals surface area (Å²) < 4.78 is 11.0. The highest BCUT2D eigenvalue weighted by Gasteiger charge is 2.11. The highest BCUT2D eigenvalue weighted by atomic mass is 16.7. The second-order valence-corrected chi connectivity index (χ2v) is 4.21. The predicted octanol–water partition coefficient (Wildman–Crippen LogP) is 2.61. The lowest BCUT2D eigenvalue weighted by molar-refractivity contribution is -0.133. The molecule has 1 aromatic carbocycles. The minimum atomic E-state index is -0.225. The van der Waals surface area contributed by atoms with E-state index in [0.717, 1.165) is 5.56 Å². The monoisotopic (exact) mass is 262 g/mol. The van der Waals surface area contributed by atoms with E-state index in [1.807, 2.05) is 32.0 Å². The Labute approximate surface area is 115 Å². The zero-order valence-corrected chi connectivity index (χ0v) is 11.8. The van der Waals surface area contributed by atoms with Crippen LogP contribution in [0.4, 0.5) is 0 Å². The Kier molecular flexibility index (Phi) is 7.12. The number of hydrogen-bond acceptors (Lipinski definition) is 4. The lowest BCUT2D eigenvalue weighted by Crippen LogP contribution is -2.33. The maximum atomic E-state index is 8.89. The van der Waals surface area contributed by atoms with Crippen molar-refractivity contribution in [2.45, 2.75) is 33.1 Å². The van der Waals surface area contributed by atoms with Crippen molar-refractivity contribution in [3.63, 3.8) is 0 Å². The van der Waals surface area contributed by atoms with Gasteiger partial charge in [-0.15, -0.1) is 0 Å². The van der Waals surface area contributed by atoms with Gasteiger partial charge in [0.05, 0.1) is 11.6 Å². The lowest BCUT2D eigenvalue weighted by Gasteiger charge is -2.21. The van der Waals surface area contributed by atoms with Gasteiger partial charge in [-0.3, -0.25) is 0 Å². The van der Waals surface area contributed by atoms with Gasteiger partial charge in [-0.1, -0.05) is 12.1 Å². The van der Waals surface area contributed by atoms with Crippen LogP contribution in [0.15, 0.2) is 24.3 Å². The van der Waals surface area contributed by atoms with Gasteiger partial charge in [-0.25, -0.2) is 0 Å². The minimum absolute atomic E-state index is 0.150. The van der Waals surface area contributed by atoms with Crippen LogP contribution in [-0.2, 0) is 9.47 Å². The molecule has 0 heterocycles. The maximum Gasteiger partial charge on any atom is 0.169 e. The second kappa shape index (κ2) is 8.65. The number of ether oxygens (including phenoxy) is 2. The smallest absolute Gasteiger partial charge is 0.169 e. The molecule has 104 valence electrons. The fourth-order valence-electron chi connectivity index (χ4n) is 1.81. The first-order valence-electron chi connectivity index (χ1n) is 6.67. The normalized spacial score (nSPS) is 12.4. The third-order valence-electron chi connectivity index (χ3n) is 2.81. The van der Waals surface area contributed by atoms with E-state index in [-0.39, 0.29) is 12.3 Å². The van der Waals surface area contributed by atoms with Gasteiger partial charge in [0.1, 0.15) is 0 Å². The van der Waals surface area contributed by atoms with Gasteiger partial charge in [-0.2, -0.15) is 5.26 Å². The van der Waals surface area contributed by atoms with Gasteiger partial charge in [0.15, 0.2) is 6.29 Å². The van der Waals surface area contributed by atoms with Crippen molar-refractivity contribution in [2.75, 3.05) is 19.8 Å². The van der Waals surface area contributed by atoms with Gasteiger partial charge >= 0.3 is 0 Å². The summed E-state index contributed by atoms with van der Waals surface area (Å²) in [5.41, 5.74) is 1.77. The molecular formula is C15H22N2O2. The lowest BCUT2D eigenvalue weighted by atomic mass is 10.1. The first-order valence-corrected chi connectivity index (χ1v) is 6.67. The average Bonchev–Trinajstić information content (AvgIpc) is 2.45. The Balaban J connectivity index is 2.53. The van der Waals surface area contributed by atoms with E-state index < -0.39 is 0 Å². The van der Waals surface area contributed by atoms with E-state index in [2.05, 4.69) is 18.3 Å². The zero-order chi connectivity index (χ0) is 14.1. The summed E-state index contributed by atoms with van der Waals surface area (Å²) >= 11 is 0. The van der Waals surface area contributed by atoms with Crippen molar-refractivity contribution in [3.05, 3.63) is 35.4 Å². The summed E-state index contributed by atoms with van der Waals surface area (Å²) in [6.07, 6.45) is -0.225.